The molecule has 140 valence electrons. The van der Waals surface area contributed by atoms with Gasteiger partial charge in [0.25, 0.3) is 0 Å². The van der Waals surface area contributed by atoms with E-state index in [1.54, 1.807) is 30.5 Å². The topological polar surface area (TPSA) is 89.1 Å². The van der Waals surface area contributed by atoms with E-state index in [2.05, 4.69) is 20.4 Å². The molecule has 1 atom stereocenters. The zero-order valence-electron chi connectivity index (χ0n) is 15.4. The van der Waals surface area contributed by atoms with Crippen LogP contribution in [0.2, 0.25) is 0 Å². The number of urea groups is 1. The summed E-state index contributed by atoms with van der Waals surface area (Å²) in [5.74, 6) is 1.96. The Labute approximate surface area is 157 Å². The fourth-order valence-corrected chi connectivity index (χ4v) is 3.09. The van der Waals surface area contributed by atoms with Crippen LogP contribution in [0, 0.1) is 5.92 Å². The van der Waals surface area contributed by atoms with Crippen LogP contribution in [0.3, 0.4) is 0 Å². The van der Waals surface area contributed by atoms with E-state index in [-0.39, 0.29) is 12.1 Å². The van der Waals surface area contributed by atoms with Crippen molar-refractivity contribution in [3.8, 4) is 11.3 Å². The number of aryl methyl sites for hydroxylation is 1. The zero-order valence-corrected chi connectivity index (χ0v) is 15.4. The average Bonchev–Trinajstić information content (AvgIpc) is 3.27. The Bertz CT molecular complexity index is 915. The second kappa shape index (κ2) is 7.22. The van der Waals surface area contributed by atoms with Gasteiger partial charge in [-0.25, -0.2) is 9.78 Å². The number of hydrogen-bond donors (Lipinski definition) is 1. The van der Waals surface area contributed by atoms with Crippen molar-refractivity contribution in [1.82, 2.24) is 29.9 Å². The predicted octanol–water partition coefficient (Wildman–Crippen LogP) is 2.76. The van der Waals surface area contributed by atoms with E-state index in [4.69, 9.17) is 4.52 Å². The van der Waals surface area contributed by atoms with Crippen LogP contribution in [0.1, 0.15) is 30.5 Å². The fraction of sp³-hybridized carbons (Fsp3) is 0.368. The summed E-state index contributed by atoms with van der Waals surface area (Å²) in [6.07, 6.45) is 9.29. The lowest BCUT2D eigenvalue weighted by molar-refractivity contribution is 0.194. The number of hydrogen-bond acceptors (Lipinski definition) is 5. The van der Waals surface area contributed by atoms with E-state index in [1.807, 2.05) is 36.0 Å². The number of aromatic nitrogens is 4. The first-order chi connectivity index (χ1) is 13.1. The maximum atomic E-state index is 12.7. The summed E-state index contributed by atoms with van der Waals surface area (Å²) in [4.78, 5) is 22.7. The van der Waals surface area contributed by atoms with Crippen molar-refractivity contribution in [3.05, 3.63) is 54.6 Å². The smallest absolute Gasteiger partial charge is 0.318 e. The molecule has 3 aromatic heterocycles. The number of pyridine rings is 1. The highest BCUT2D eigenvalue weighted by molar-refractivity contribution is 5.74. The van der Waals surface area contributed by atoms with E-state index in [9.17, 15) is 4.79 Å². The van der Waals surface area contributed by atoms with Crippen LogP contribution >= 0.6 is 0 Å². The number of nitrogens with one attached hydrogen (secondary N) is 1. The molecule has 0 aliphatic heterocycles. The molecule has 8 nitrogen and oxygen atoms in total. The van der Waals surface area contributed by atoms with Crippen molar-refractivity contribution in [1.29, 1.82) is 0 Å². The molecule has 0 unspecified atom stereocenters. The molecule has 0 radical (unpaired) electrons. The first kappa shape index (κ1) is 17.3. The Morgan fingerprint density at radius 2 is 2.15 bits per heavy atom. The minimum atomic E-state index is -0.156. The van der Waals surface area contributed by atoms with Gasteiger partial charge in [0.2, 0.25) is 0 Å². The van der Waals surface area contributed by atoms with Crippen molar-refractivity contribution < 1.29 is 9.32 Å². The number of rotatable bonds is 6. The molecule has 3 heterocycles. The molecule has 4 rings (SSSR count). The van der Waals surface area contributed by atoms with Crippen LogP contribution < -0.4 is 5.32 Å². The highest BCUT2D eigenvalue weighted by Crippen LogP contribution is 2.40. The van der Waals surface area contributed by atoms with Crippen LogP contribution in [-0.2, 0) is 13.6 Å². The minimum Gasteiger partial charge on any atom is -0.359 e. The van der Waals surface area contributed by atoms with Gasteiger partial charge >= 0.3 is 6.03 Å². The van der Waals surface area contributed by atoms with Crippen LogP contribution in [0.4, 0.5) is 4.79 Å². The molecule has 1 N–H and O–H groups in total. The van der Waals surface area contributed by atoms with E-state index >= 15 is 0 Å². The van der Waals surface area contributed by atoms with Crippen LogP contribution in [0.15, 0.2) is 47.5 Å². The second-order valence-electron chi connectivity index (χ2n) is 6.93. The third-order valence-corrected chi connectivity index (χ3v) is 4.78. The molecule has 1 aliphatic rings. The summed E-state index contributed by atoms with van der Waals surface area (Å²) in [5.41, 5.74) is 1.65. The zero-order chi connectivity index (χ0) is 18.8. The predicted molar refractivity (Wildman–Crippen MR) is 98.4 cm³/mol. The Kier molecular flexibility index (Phi) is 4.62. The lowest BCUT2D eigenvalue weighted by Crippen LogP contribution is -2.40. The molecule has 3 aromatic rings. The first-order valence-electron chi connectivity index (χ1n) is 8.96. The average molecular weight is 366 g/mol. The molecule has 1 saturated carbocycles. The Balaban J connectivity index is 1.41. The number of carbonyl (C=O) groups is 1. The van der Waals surface area contributed by atoms with Crippen molar-refractivity contribution in [2.75, 3.05) is 7.05 Å². The number of carbonyl (C=O) groups excluding carboxylic acids is 1. The number of imidazole rings is 1. The van der Waals surface area contributed by atoms with E-state index in [0.717, 1.165) is 29.9 Å². The van der Waals surface area contributed by atoms with Gasteiger partial charge in [-0.2, -0.15) is 0 Å². The van der Waals surface area contributed by atoms with Crippen molar-refractivity contribution >= 4 is 6.03 Å². The lowest BCUT2D eigenvalue weighted by atomic mass is 10.1. The Hall–Kier alpha value is -3.16. The lowest BCUT2D eigenvalue weighted by Gasteiger charge is -2.22. The molecule has 0 spiro atoms. The molecular weight excluding hydrogens is 344 g/mol. The molecular formula is C19H22N6O2. The van der Waals surface area contributed by atoms with Gasteiger partial charge in [-0.15, -0.1) is 0 Å². The van der Waals surface area contributed by atoms with Crippen molar-refractivity contribution in [3.63, 3.8) is 0 Å². The molecule has 27 heavy (non-hydrogen) atoms. The minimum absolute atomic E-state index is 0.0675. The van der Waals surface area contributed by atoms with Crippen molar-refractivity contribution in [2.45, 2.75) is 25.4 Å². The quantitative estimate of drug-likeness (QED) is 0.725. The van der Waals surface area contributed by atoms with E-state index in [0.29, 0.717) is 18.2 Å². The molecule has 1 aliphatic carbocycles. The monoisotopic (exact) mass is 366 g/mol. The van der Waals surface area contributed by atoms with Gasteiger partial charge in [0.1, 0.15) is 11.5 Å². The van der Waals surface area contributed by atoms with Crippen LogP contribution in [0.25, 0.3) is 11.3 Å². The van der Waals surface area contributed by atoms with Crippen LogP contribution in [-0.4, -0.2) is 37.7 Å². The molecule has 0 aromatic carbocycles. The Morgan fingerprint density at radius 3 is 2.81 bits per heavy atom. The maximum absolute atomic E-state index is 12.7. The third-order valence-electron chi connectivity index (χ3n) is 4.78. The van der Waals surface area contributed by atoms with Crippen molar-refractivity contribution in [2.24, 2.45) is 13.0 Å². The van der Waals surface area contributed by atoms with Gasteiger partial charge in [0, 0.05) is 50.5 Å². The standard InChI is InChI=1S/C19H22N6O2/c1-24-10-9-21-18(24)17(14-3-4-14)22-19(26)25(2)12-15-11-16(23-27-15)13-5-7-20-8-6-13/h5-11,14,17H,3-4,12H2,1-2H3,(H,22,26)/t17-/m0/s1. The highest BCUT2D eigenvalue weighted by atomic mass is 16.5. The molecule has 0 saturated heterocycles. The largest absolute Gasteiger partial charge is 0.359 e. The molecule has 1 fully saturated rings. The normalized spacial score (nSPS) is 14.7. The molecule has 0 bridgehead atoms. The summed E-state index contributed by atoms with van der Waals surface area (Å²) in [5, 5.41) is 7.19. The van der Waals surface area contributed by atoms with Gasteiger partial charge in [-0.05, 0) is 30.9 Å². The number of amides is 2. The summed E-state index contributed by atoms with van der Waals surface area (Å²) in [6.45, 7) is 0.335. The summed E-state index contributed by atoms with van der Waals surface area (Å²) in [7, 11) is 3.69. The van der Waals surface area contributed by atoms with Gasteiger partial charge in [-0.3, -0.25) is 4.98 Å². The summed E-state index contributed by atoms with van der Waals surface area (Å²) < 4.78 is 7.35. The van der Waals surface area contributed by atoms with Gasteiger partial charge < -0.3 is 19.3 Å². The first-order valence-corrected chi connectivity index (χ1v) is 8.96. The summed E-state index contributed by atoms with van der Waals surface area (Å²) >= 11 is 0. The van der Waals surface area contributed by atoms with E-state index < -0.39 is 0 Å². The SMILES string of the molecule is CN(Cc1cc(-c2ccncc2)no1)C(=O)N[C@H](c1nccn1C)C1CC1. The van der Waals surface area contributed by atoms with Gasteiger partial charge in [-0.1, -0.05) is 5.16 Å². The van der Waals surface area contributed by atoms with Gasteiger partial charge in [0.15, 0.2) is 5.76 Å². The summed E-state index contributed by atoms with van der Waals surface area (Å²) in [6, 6.07) is 5.35. The Morgan fingerprint density at radius 1 is 1.37 bits per heavy atom. The van der Waals surface area contributed by atoms with Gasteiger partial charge in [0.05, 0.1) is 12.6 Å². The molecule has 2 amide bonds. The maximum Gasteiger partial charge on any atom is 0.318 e. The fourth-order valence-electron chi connectivity index (χ4n) is 3.09. The van der Waals surface area contributed by atoms with Crippen LogP contribution in [0.5, 0.6) is 0 Å². The molecule has 8 heteroatoms. The highest BCUT2D eigenvalue weighted by Gasteiger charge is 2.36. The third kappa shape index (κ3) is 3.84. The van der Waals surface area contributed by atoms with E-state index in [1.165, 1.54) is 0 Å². The second-order valence-corrected chi connectivity index (χ2v) is 6.93. The number of nitrogens with zero attached hydrogens (tertiary/aromatic N) is 5.